The molecule has 0 aliphatic rings. The summed E-state index contributed by atoms with van der Waals surface area (Å²) in [6.45, 7) is 1.98. The van der Waals surface area contributed by atoms with Crippen molar-refractivity contribution in [2.45, 2.75) is 25.6 Å². The monoisotopic (exact) mass is 342 g/mol. The van der Waals surface area contributed by atoms with Gasteiger partial charge in [-0.3, -0.25) is 0 Å². The molecule has 0 fully saturated rings. The maximum atomic E-state index is 12.2. The minimum atomic E-state index is -4.66. The van der Waals surface area contributed by atoms with Gasteiger partial charge in [-0.05, 0) is 22.4 Å². The molecule has 1 rings (SSSR count). The van der Waals surface area contributed by atoms with E-state index in [-0.39, 0.29) is 5.82 Å². The minimum Gasteiger partial charge on any atom is -0.382 e. The summed E-state index contributed by atoms with van der Waals surface area (Å²) in [5, 5.41) is 14.3. The van der Waals surface area contributed by atoms with E-state index in [0.717, 1.165) is 6.42 Å². The van der Waals surface area contributed by atoms with E-state index in [9.17, 15) is 13.2 Å². The second-order valence-corrected chi connectivity index (χ2v) is 4.54. The van der Waals surface area contributed by atoms with Gasteiger partial charge < -0.3 is 15.7 Å². The number of anilines is 2. The quantitative estimate of drug-likeness (QED) is 0.740. The van der Waals surface area contributed by atoms with Gasteiger partial charge in [0.25, 0.3) is 0 Å². The molecule has 0 saturated carbocycles. The number of hydrogen-bond donors (Lipinski definition) is 3. The maximum Gasteiger partial charge on any atom is 0.416 e. The molecule has 0 aliphatic heterocycles. The first-order chi connectivity index (χ1) is 8.86. The third-order valence-electron chi connectivity index (χ3n) is 2.17. The van der Waals surface area contributed by atoms with Gasteiger partial charge in [0.15, 0.2) is 6.10 Å². The molecule has 0 aliphatic carbocycles. The average molecular weight is 343 g/mol. The maximum absolute atomic E-state index is 12.2. The number of hydrogen-bond acceptors (Lipinski definition) is 5. The summed E-state index contributed by atoms with van der Waals surface area (Å²) in [7, 11) is 0. The van der Waals surface area contributed by atoms with Crippen molar-refractivity contribution in [1.82, 2.24) is 9.97 Å². The van der Waals surface area contributed by atoms with Crippen molar-refractivity contribution in [1.29, 1.82) is 0 Å². The van der Waals surface area contributed by atoms with Crippen LogP contribution in [0.3, 0.4) is 0 Å². The van der Waals surface area contributed by atoms with Gasteiger partial charge in [-0.1, -0.05) is 6.92 Å². The number of alkyl halides is 3. The zero-order valence-electron chi connectivity index (χ0n) is 10.1. The Bertz CT molecular complexity index is 416. The largest absolute Gasteiger partial charge is 0.416 e. The van der Waals surface area contributed by atoms with Crippen LogP contribution in [0.5, 0.6) is 0 Å². The molecule has 1 heterocycles. The molecular weight excluding hydrogens is 329 g/mol. The predicted octanol–water partition coefficient (Wildman–Crippen LogP) is 2.40. The third kappa shape index (κ3) is 4.83. The van der Waals surface area contributed by atoms with Gasteiger partial charge in [0, 0.05) is 6.54 Å². The van der Waals surface area contributed by atoms with Crippen molar-refractivity contribution in [3.05, 3.63) is 10.8 Å². The Kier molecular flexibility index (Phi) is 5.80. The lowest BCUT2D eigenvalue weighted by molar-refractivity contribution is -0.198. The molecule has 0 spiro atoms. The summed E-state index contributed by atoms with van der Waals surface area (Å²) in [6.07, 6.45) is -4.99. The molecular formula is C10H14BrF3N4O. The van der Waals surface area contributed by atoms with Crippen molar-refractivity contribution < 1.29 is 18.3 Å². The SMILES string of the molecule is CCCNc1ncnc(NCC(O)C(F)(F)F)c1Br. The smallest absolute Gasteiger partial charge is 0.382 e. The summed E-state index contributed by atoms with van der Waals surface area (Å²) >= 11 is 3.20. The Morgan fingerprint density at radius 3 is 2.42 bits per heavy atom. The highest BCUT2D eigenvalue weighted by Crippen LogP contribution is 2.27. The van der Waals surface area contributed by atoms with Crippen molar-refractivity contribution in [3.8, 4) is 0 Å². The minimum absolute atomic E-state index is 0.192. The van der Waals surface area contributed by atoms with Gasteiger partial charge in [0.05, 0.1) is 6.54 Å². The Morgan fingerprint density at radius 2 is 1.89 bits per heavy atom. The summed E-state index contributed by atoms with van der Waals surface area (Å²) in [5.74, 6) is 0.678. The molecule has 108 valence electrons. The lowest BCUT2D eigenvalue weighted by Crippen LogP contribution is -2.35. The van der Waals surface area contributed by atoms with E-state index in [0.29, 0.717) is 16.8 Å². The number of aromatic nitrogens is 2. The molecule has 0 saturated heterocycles. The van der Waals surface area contributed by atoms with Crippen LogP contribution in [0, 0.1) is 0 Å². The van der Waals surface area contributed by atoms with Gasteiger partial charge in [-0.15, -0.1) is 0 Å². The first-order valence-corrected chi connectivity index (χ1v) is 6.38. The summed E-state index contributed by atoms with van der Waals surface area (Å²) in [4.78, 5) is 7.77. The van der Waals surface area contributed by atoms with Crippen LogP contribution in [0.1, 0.15) is 13.3 Å². The number of nitrogens with zero attached hydrogens (tertiary/aromatic N) is 2. The van der Waals surface area contributed by atoms with Crippen molar-refractivity contribution in [2.75, 3.05) is 23.7 Å². The number of aliphatic hydroxyl groups excluding tert-OH is 1. The normalized spacial score (nSPS) is 13.2. The lowest BCUT2D eigenvalue weighted by Gasteiger charge is -2.16. The molecule has 1 aromatic rings. The lowest BCUT2D eigenvalue weighted by atomic mass is 10.3. The highest BCUT2D eigenvalue weighted by molar-refractivity contribution is 9.10. The summed E-state index contributed by atoms with van der Waals surface area (Å²) in [6, 6.07) is 0. The van der Waals surface area contributed by atoms with Crippen LogP contribution in [-0.2, 0) is 0 Å². The molecule has 9 heteroatoms. The summed E-state index contributed by atoms with van der Waals surface area (Å²) in [5.41, 5.74) is 0. The van der Waals surface area contributed by atoms with Gasteiger partial charge in [-0.2, -0.15) is 13.2 Å². The number of halogens is 4. The van der Waals surface area contributed by atoms with Gasteiger partial charge in [0.1, 0.15) is 22.4 Å². The van der Waals surface area contributed by atoms with Crippen LogP contribution in [0.2, 0.25) is 0 Å². The fraction of sp³-hybridized carbons (Fsp3) is 0.600. The van der Waals surface area contributed by atoms with Crippen LogP contribution in [-0.4, -0.2) is 40.4 Å². The highest BCUT2D eigenvalue weighted by Gasteiger charge is 2.38. The van der Waals surface area contributed by atoms with E-state index >= 15 is 0 Å². The average Bonchev–Trinajstić information content (AvgIpc) is 2.34. The predicted molar refractivity (Wildman–Crippen MR) is 69.1 cm³/mol. The molecule has 5 nitrogen and oxygen atoms in total. The van der Waals surface area contributed by atoms with Gasteiger partial charge in [0.2, 0.25) is 0 Å². The molecule has 0 bridgehead atoms. The van der Waals surface area contributed by atoms with Crippen LogP contribution in [0.4, 0.5) is 24.8 Å². The second-order valence-electron chi connectivity index (χ2n) is 3.75. The molecule has 3 N–H and O–H groups in total. The van der Waals surface area contributed by atoms with E-state index in [1.54, 1.807) is 0 Å². The highest BCUT2D eigenvalue weighted by atomic mass is 79.9. The van der Waals surface area contributed by atoms with Crippen LogP contribution in [0.25, 0.3) is 0 Å². The standard InChI is InChI=1S/C10H14BrF3N4O/c1-2-3-15-8-7(11)9(18-5-17-8)16-4-6(19)10(12,13)14/h5-6,19H,2-4H2,1H3,(H2,15,16,17,18). The van der Waals surface area contributed by atoms with Crippen LogP contribution < -0.4 is 10.6 Å². The molecule has 1 unspecified atom stereocenters. The van der Waals surface area contributed by atoms with E-state index in [1.807, 2.05) is 6.92 Å². The van der Waals surface area contributed by atoms with E-state index in [1.165, 1.54) is 6.33 Å². The second kappa shape index (κ2) is 6.90. The molecule has 1 aromatic heterocycles. The molecule has 1 atom stereocenters. The van der Waals surface area contributed by atoms with Crippen molar-refractivity contribution in [3.63, 3.8) is 0 Å². The fourth-order valence-corrected chi connectivity index (χ4v) is 1.65. The van der Waals surface area contributed by atoms with E-state index in [2.05, 4.69) is 36.5 Å². The Morgan fingerprint density at radius 1 is 1.32 bits per heavy atom. The first kappa shape index (κ1) is 16.0. The number of nitrogens with one attached hydrogen (secondary N) is 2. The summed E-state index contributed by atoms with van der Waals surface area (Å²) < 4.78 is 36.9. The topological polar surface area (TPSA) is 70.1 Å². The van der Waals surface area contributed by atoms with Crippen molar-refractivity contribution >= 4 is 27.6 Å². The number of aliphatic hydroxyl groups is 1. The zero-order valence-corrected chi connectivity index (χ0v) is 11.7. The molecule has 19 heavy (non-hydrogen) atoms. The van der Waals surface area contributed by atoms with E-state index in [4.69, 9.17) is 5.11 Å². The molecule has 0 aromatic carbocycles. The van der Waals surface area contributed by atoms with Gasteiger partial charge in [-0.25, -0.2) is 9.97 Å². The Hall–Kier alpha value is -1.09. The zero-order chi connectivity index (χ0) is 14.5. The van der Waals surface area contributed by atoms with Crippen molar-refractivity contribution in [2.24, 2.45) is 0 Å². The fourth-order valence-electron chi connectivity index (χ4n) is 1.17. The van der Waals surface area contributed by atoms with Crippen LogP contribution >= 0.6 is 15.9 Å². The van der Waals surface area contributed by atoms with Crippen LogP contribution in [0.15, 0.2) is 10.8 Å². The Labute approximate surface area is 116 Å². The molecule has 0 radical (unpaired) electrons. The third-order valence-corrected chi connectivity index (χ3v) is 2.92. The number of rotatable bonds is 6. The van der Waals surface area contributed by atoms with E-state index < -0.39 is 18.8 Å². The molecule has 0 amide bonds. The first-order valence-electron chi connectivity index (χ1n) is 5.59. The van der Waals surface area contributed by atoms with Gasteiger partial charge >= 0.3 is 6.18 Å². The Balaban J connectivity index is 2.69.